The van der Waals surface area contributed by atoms with Gasteiger partial charge in [0.2, 0.25) is 11.8 Å². The van der Waals surface area contributed by atoms with Gasteiger partial charge in [-0.05, 0) is 37.1 Å². The summed E-state index contributed by atoms with van der Waals surface area (Å²) in [5, 5.41) is 2.80. The average Bonchev–Trinajstić information content (AvgIpc) is 3.10. The quantitative estimate of drug-likeness (QED) is 0.505. The second kappa shape index (κ2) is 9.95. The molecule has 0 radical (unpaired) electrons. The largest absolute Gasteiger partial charge is 0.462 e. The van der Waals surface area contributed by atoms with Gasteiger partial charge in [-0.1, -0.05) is 53.2 Å². The molecule has 9 heteroatoms. The molecule has 2 aromatic carbocycles. The first kappa shape index (κ1) is 24.5. The zero-order valence-electron chi connectivity index (χ0n) is 19.4. The lowest BCUT2D eigenvalue weighted by molar-refractivity contribution is -0.144. The lowest BCUT2D eigenvalue weighted by Gasteiger charge is -2.36. The number of nitrogens with two attached hydrogens (primary N) is 1. The number of nitrogens with one attached hydrogen (secondary N) is 1. The zero-order chi connectivity index (χ0) is 25.2. The molecular weight excluding hydrogens is 516 g/mol. The topological polar surface area (TPSA) is 117 Å². The first-order valence-corrected chi connectivity index (χ1v) is 12.0. The van der Waals surface area contributed by atoms with E-state index in [-0.39, 0.29) is 36.0 Å². The first-order chi connectivity index (χ1) is 16.8. The van der Waals surface area contributed by atoms with Crippen LogP contribution in [0.2, 0.25) is 0 Å². The molecule has 2 aliphatic rings. The molecule has 1 spiro atoms. The number of benzene rings is 2. The van der Waals surface area contributed by atoms with Gasteiger partial charge in [-0.2, -0.15) is 0 Å². The van der Waals surface area contributed by atoms with Gasteiger partial charge in [0.1, 0.15) is 28.9 Å². The predicted octanol–water partition coefficient (Wildman–Crippen LogP) is 4.20. The molecule has 0 saturated carbocycles. The van der Waals surface area contributed by atoms with Gasteiger partial charge in [-0.15, -0.1) is 0 Å². The van der Waals surface area contributed by atoms with Gasteiger partial charge in [0.05, 0.1) is 6.61 Å². The Bertz CT molecular complexity index is 1250. The molecule has 0 aromatic heterocycles. The highest BCUT2D eigenvalue weighted by Crippen LogP contribution is 2.53. The van der Waals surface area contributed by atoms with Crippen molar-refractivity contribution in [3.05, 3.63) is 86.9 Å². The Morgan fingerprint density at radius 2 is 1.77 bits per heavy atom. The highest BCUT2D eigenvalue weighted by molar-refractivity contribution is 9.10. The Kier molecular flexibility index (Phi) is 6.98. The van der Waals surface area contributed by atoms with Gasteiger partial charge in [0, 0.05) is 22.1 Å². The number of esters is 2. The van der Waals surface area contributed by atoms with Gasteiger partial charge in [0.25, 0.3) is 0 Å². The third-order valence-corrected chi connectivity index (χ3v) is 6.35. The molecule has 0 unspecified atom stereocenters. The Labute approximate surface area is 211 Å². The first-order valence-electron chi connectivity index (χ1n) is 11.3. The molecule has 35 heavy (non-hydrogen) atoms. The van der Waals surface area contributed by atoms with Crippen LogP contribution in [-0.4, -0.2) is 24.5 Å². The van der Waals surface area contributed by atoms with E-state index in [1.165, 1.54) is 0 Å². The summed E-state index contributed by atoms with van der Waals surface area (Å²) in [5.41, 5.74) is 5.64. The fraction of sp³-hybridized carbons (Fsp3) is 0.269. The zero-order valence-corrected chi connectivity index (χ0v) is 20.9. The molecule has 2 heterocycles. The Hall–Kier alpha value is -3.59. The predicted molar refractivity (Wildman–Crippen MR) is 132 cm³/mol. The van der Waals surface area contributed by atoms with Crippen LogP contribution < -0.4 is 11.1 Å². The average molecular weight is 541 g/mol. The highest BCUT2D eigenvalue weighted by Gasteiger charge is 2.62. The van der Waals surface area contributed by atoms with E-state index in [2.05, 4.69) is 21.2 Å². The summed E-state index contributed by atoms with van der Waals surface area (Å²) in [7, 11) is 0. The molecule has 2 aliphatic heterocycles. The smallest absolute Gasteiger partial charge is 0.341 e. The number of carbonyl (C=O) groups excluding carboxylic acids is 3. The number of hydrogen-bond donors (Lipinski definition) is 2. The van der Waals surface area contributed by atoms with Gasteiger partial charge in [0.15, 0.2) is 0 Å². The summed E-state index contributed by atoms with van der Waals surface area (Å²) >= 11 is 3.44. The number of rotatable bonds is 7. The molecule has 2 aromatic rings. The van der Waals surface area contributed by atoms with Crippen molar-refractivity contribution in [1.82, 2.24) is 0 Å². The van der Waals surface area contributed by atoms with Crippen molar-refractivity contribution in [2.75, 3.05) is 11.9 Å². The molecule has 0 bridgehead atoms. The molecule has 0 aliphatic carbocycles. The maximum Gasteiger partial charge on any atom is 0.341 e. The summed E-state index contributed by atoms with van der Waals surface area (Å²) in [6.45, 7) is 3.57. The Balaban J connectivity index is 1.93. The standard InChI is InChI=1S/C26H25BrN2O6/c1-3-8-19-20(23(30)33-4-2)26(17-13-16(27)11-12-18(17)29-25(26)32)21(22(28)35-19)24(31)34-14-15-9-6-5-7-10-15/h5-7,9-13H,3-4,8,14,28H2,1-2H3,(H,29,32)/t26-/m1/s1. The van der Waals surface area contributed by atoms with E-state index < -0.39 is 23.3 Å². The monoisotopic (exact) mass is 540 g/mol. The minimum absolute atomic E-state index is 0.0558. The Morgan fingerprint density at radius 3 is 2.46 bits per heavy atom. The third kappa shape index (κ3) is 4.20. The maximum atomic E-state index is 13.8. The van der Waals surface area contributed by atoms with E-state index in [0.717, 1.165) is 5.56 Å². The van der Waals surface area contributed by atoms with E-state index in [1.54, 1.807) is 37.3 Å². The number of halogens is 1. The maximum absolute atomic E-state index is 13.8. The molecular formula is C26H25BrN2O6. The molecule has 8 nitrogen and oxygen atoms in total. The number of anilines is 1. The minimum Gasteiger partial charge on any atom is -0.462 e. The molecule has 1 atom stereocenters. The molecule has 4 rings (SSSR count). The van der Waals surface area contributed by atoms with Crippen LogP contribution in [0.15, 0.2) is 75.8 Å². The van der Waals surface area contributed by atoms with Crippen molar-refractivity contribution >= 4 is 39.5 Å². The number of allylic oxidation sites excluding steroid dienone is 1. The summed E-state index contributed by atoms with van der Waals surface area (Å²) in [4.78, 5) is 40.7. The van der Waals surface area contributed by atoms with Crippen molar-refractivity contribution in [1.29, 1.82) is 0 Å². The molecule has 3 N–H and O–H groups in total. The van der Waals surface area contributed by atoms with Crippen molar-refractivity contribution in [3.63, 3.8) is 0 Å². The summed E-state index contributed by atoms with van der Waals surface area (Å²) in [6, 6.07) is 14.2. The number of fused-ring (bicyclic) bond motifs is 2. The highest BCUT2D eigenvalue weighted by atomic mass is 79.9. The Morgan fingerprint density at radius 1 is 1.06 bits per heavy atom. The number of carbonyl (C=O) groups is 3. The van der Waals surface area contributed by atoms with Crippen LogP contribution in [0.1, 0.15) is 37.8 Å². The molecule has 1 amide bonds. The van der Waals surface area contributed by atoms with E-state index in [0.29, 0.717) is 28.6 Å². The lowest BCUT2D eigenvalue weighted by Crippen LogP contribution is -2.48. The van der Waals surface area contributed by atoms with Crippen LogP contribution in [0.25, 0.3) is 0 Å². The van der Waals surface area contributed by atoms with Crippen molar-refractivity contribution < 1.29 is 28.6 Å². The van der Waals surface area contributed by atoms with Gasteiger partial charge >= 0.3 is 11.9 Å². The molecule has 0 fully saturated rings. The summed E-state index contributed by atoms with van der Waals surface area (Å²) in [6.07, 6.45) is 0.905. The lowest BCUT2D eigenvalue weighted by atomic mass is 9.67. The number of ether oxygens (including phenoxy) is 3. The third-order valence-electron chi connectivity index (χ3n) is 5.86. The van der Waals surface area contributed by atoms with Crippen LogP contribution in [0.4, 0.5) is 5.69 Å². The second-order valence-corrected chi connectivity index (χ2v) is 8.98. The molecule has 182 valence electrons. The van der Waals surface area contributed by atoms with Gasteiger partial charge < -0.3 is 25.3 Å². The van der Waals surface area contributed by atoms with Crippen LogP contribution in [0.3, 0.4) is 0 Å². The van der Waals surface area contributed by atoms with Crippen molar-refractivity contribution in [3.8, 4) is 0 Å². The fourth-order valence-electron chi connectivity index (χ4n) is 4.45. The fourth-order valence-corrected chi connectivity index (χ4v) is 4.81. The second-order valence-electron chi connectivity index (χ2n) is 8.07. The van der Waals surface area contributed by atoms with E-state index in [1.807, 2.05) is 25.1 Å². The van der Waals surface area contributed by atoms with Crippen molar-refractivity contribution in [2.24, 2.45) is 5.73 Å². The van der Waals surface area contributed by atoms with E-state index in [4.69, 9.17) is 19.9 Å². The van der Waals surface area contributed by atoms with E-state index >= 15 is 0 Å². The summed E-state index contributed by atoms with van der Waals surface area (Å²) < 4.78 is 17.4. The SMILES string of the molecule is CCCC1=C(C(=O)OCC)[C@@]2(C(=O)Nc3ccc(Br)cc32)C(C(=O)OCc2ccccc2)=C(N)O1. The van der Waals surface area contributed by atoms with Crippen molar-refractivity contribution in [2.45, 2.75) is 38.7 Å². The summed E-state index contributed by atoms with van der Waals surface area (Å²) in [5.74, 6) is -2.35. The van der Waals surface area contributed by atoms with Gasteiger partial charge in [-0.3, -0.25) is 4.79 Å². The van der Waals surface area contributed by atoms with Crippen LogP contribution >= 0.6 is 15.9 Å². The van der Waals surface area contributed by atoms with E-state index in [9.17, 15) is 14.4 Å². The van der Waals surface area contributed by atoms with Crippen LogP contribution in [0.5, 0.6) is 0 Å². The number of hydrogen-bond acceptors (Lipinski definition) is 7. The minimum atomic E-state index is -1.90. The number of amides is 1. The molecule has 0 saturated heterocycles. The van der Waals surface area contributed by atoms with Crippen LogP contribution in [-0.2, 0) is 40.6 Å². The van der Waals surface area contributed by atoms with Gasteiger partial charge in [-0.25, -0.2) is 9.59 Å². The normalized spacial score (nSPS) is 18.8. The van der Waals surface area contributed by atoms with Crippen LogP contribution in [0, 0.1) is 0 Å².